The Morgan fingerprint density at radius 2 is 1.94 bits per heavy atom. The Kier molecular flexibility index (Phi) is 5.23. The van der Waals surface area contributed by atoms with Crippen molar-refractivity contribution in [1.29, 1.82) is 0 Å². The normalized spacial score (nSPS) is 13.2. The number of hydrogen-bond donors (Lipinski definition) is 1. The van der Waals surface area contributed by atoms with E-state index in [1.54, 1.807) is 18.7 Å². The molecule has 0 saturated heterocycles. The molecule has 1 aromatic rings. The summed E-state index contributed by atoms with van der Waals surface area (Å²) in [5.41, 5.74) is 0.397. The first-order valence-electron chi connectivity index (χ1n) is 5.86. The number of rotatable bonds is 5. The number of hydrogen-bond acceptors (Lipinski definition) is 4. The molecule has 0 aromatic heterocycles. The first-order valence-corrected chi connectivity index (χ1v) is 6.84. The number of aliphatic hydroxyl groups excluding tert-OH is 1. The van der Waals surface area contributed by atoms with Crippen molar-refractivity contribution < 1.29 is 14.6 Å². The van der Waals surface area contributed by atoms with Crippen molar-refractivity contribution in [2.24, 2.45) is 5.41 Å². The molecule has 1 N–H and O–H groups in total. The Labute approximate surface area is 113 Å². The number of methoxy groups -OCH3 is 1. The minimum atomic E-state index is -0.498. The predicted molar refractivity (Wildman–Crippen MR) is 73.6 cm³/mol. The fourth-order valence-corrected chi connectivity index (χ4v) is 2.42. The summed E-state index contributed by atoms with van der Waals surface area (Å²) in [6, 6.07) is 7.72. The van der Waals surface area contributed by atoms with Crippen LogP contribution >= 0.6 is 11.8 Å². The van der Waals surface area contributed by atoms with Crippen LogP contribution in [-0.2, 0) is 9.53 Å². The van der Waals surface area contributed by atoms with Gasteiger partial charge in [0.25, 0.3) is 0 Å². The Morgan fingerprint density at radius 3 is 2.39 bits per heavy atom. The summed E-state index contributed by atoms with van der Waals surface area (Å²) in [5.74, 6) is 0.462. The molecule has 18 heavy (non-hydrogen) atoms. The zero-order chi connectivity index (χ0) is 13.8. The lowest BCUT2D eigenvalue weighted by molar-refractivity contribution is -0.149. The van der Waals surface area contributed by atoms with Gasteiger partial charge >= 0.3 is 5.97 Å². The van der Waals surface area contributed by atoms with Gasteiger partial charge in [0.1, 0.15) is 0 Å². The molecule has 1 aromatic carbocycles. The van der Waals surface area contributed by atoms with Gasteiger partial charge in [-0.3, -0.25) is 4.79 Å². The lowest BCUT2D eigenvalue weighted by atomic mass is 9.97. The van der Waals surface area contributed by atoms with Crippen molar-refractivity contribution in [3.63, 3.8) is 0 Å². The van der Waals surface area contributed by atoms with Crippen LogP contribution in [0.4, 0.5) is 0 Å². The van der Waals surface area contributed by atoms with Crippen LogP contribution in [0.1, 0.15) is 32.4 Å². The molecule has 0 amide bonds. The van der Waals surface area contributed by atoms with Crippen LogP contribution in [-0.4, -0.2) is 23.9 Å². The van der Waals surface area contributed by atoms with E-state index in [4.69, 9.17) is 4.74 Å². The first kappa shape index (κ1) is 15.1. The van der Waals surface area contributed by atoms with E-state index < -0.39 is 11.5 Å². The number of esters is 1. The highest BCUT2D eigenvalue weighted by molar-refractivity contribution is 7.99. The molecule has 1 unspecified atom stereocenters. The van der Waals surface area contributed by atoms with E-state index in [2.05, 4.69) is 0 Å². The molecule has 0 spiro atoms. The summed E-state index contributed by atoms with van der Waals surface area (Å²) in [6.45, 7) is 5.48. The molecule has 4 heteroatoms. The molecule has 1 rings (SSSR count). The molecule has 0 aliphatic heterocycles. The van der Waals surface area contributed by atoms with Gasteiger partial charge in [0.05, 0.1) is 18.6 Å². The Bertz CT molecular complexity index is 396. The summed E-state index contributed by atoms with van der Waals surface area (Å²) in [7, 11) is 1.41. The molecule has 0 heterocycles. The van der Waals surface area contributed by atoms with Gasteiger partial charge in [-0.2, -0.15) is 0 Å². The maximum absolute atomic E-state index is 11.5. The molecule has 0 saturated carbocycles. The highest BCUT2D eigenvalue weighted by Crippen LogP contribution is 2.29. The Balaban J connectivity index is 2.61. The average Bonchev–Trinajstić information content (AvgIpc) is 2.35. The molecule has 0 fully saturated rings. The number of carbonyl (C=O) groups excluding carboxylic acids is 1. The van der Waals surface area contributed by atoms with Crippen LogP contribution in [0.2, 0.25) is 0 Å². The first-order chi connectivity index (χ1) is 8.36. The molecule has 0 aliphatic rings. The van der Waals surface area contributed by atoms with Gasteiger partial charge in [-0.15, -0.1) is 11.8 Å². The van der Waals surface area contributed by atoms with Crippen molar-refractivity contribution in [2.75, 3.05) is 12.9 Å². The molecule has 0 bridgehead atoms. The van der Waals surface area contributed by atoms with E-state index in [1.807, 2.05) is 38.1 Å². The van der Waals surface area contributed by atoms with Crippen molar-refractivity contribution >= 4 is 17.7 Å². The summed E-state index contributed by atoms with van der Waals surface area (Å²) in [5, 5.41) is 9.41. The van der Waals surface area contributed by atoms with Crippen LogP contribution in [0.25, 0.3) is 0 Å². The molecule has 100 valence electrons. The van der Waals surface area contributed by atoms with E-state index in [0.717, 1.165) is 10.5 Å². The predicted octanol–water partition coefficient (Wildman–Crippen LogP) is 3.03. The largest absolute Gasteiger partial charge is 0.469 e. The second-order valence-corrected chi connectivity index (χ2v) is 5.96. The smallest absolute Gasteiger partial charge is 0.312 e. The third-order valence-corrected chi connectivity index (χ3v) is 4.17. The van der Waals surface area contributed by atoms with Crippen LogP contribution in [0.5, 0.6) is 0 Å². The van der Waals surface area contributed by atoms with Gasteiger partial charge in [-0.1, -0.05) is 12.1 Å². The van der Waals surface area contributed by atoms with Crippen LogP contribution in [0.3, 0.4) is 0 Å². The zero-order valence-corrected chi connectivity index (χ0v) is 12.1. The third-order valence-electron chi connectivity index (χ3n) is 2.70. The fraction of sp³-hybridized carbons (Fsp3) is 0.500. The lowest BCUT2D eigenvalue weighted by Crippen LogP contribution is -2.28. The standard InChI is InChI=1S/C14H20O3S/c1-10(15)11-5-7-12(8-6-11)18-9-14(2,3)13(16)17-4/h5-8,10,15H,9H2,1-4H3. The molecular weight excluding hydrogens is 248 g/mol. The highest BCUT2D eigenvalue weighted by Gasteiger charge is 2.28. The third kappa shape index (κ3) is 4.03. The fourth-order valence-electron chi connectivity index (χ4n) is 1.44. The quantitative estimate of drug-likeness (QED) is 0.658. The second kappa shape index (κ2) is 6.25. The minimum Gasteiger partial charge on any atom is -0.469 e. The molecule has 0 radical (unpaired) electrons. The van der Waals surface area contributed by atoms with Gasteiger partial charge in [-0.25, -0.2) is 0 Å². The van der Waals surface area contributed by atoms with E-state index in [-0.39, 0.29) is 5.97 Å². The number of ether oxygens (including phenoxy) is 1. The number of benzene rings is 1. The topological polar surface area (TPSA) is 46.5 Å². The maximum atomic E-state index is 11.5. The summed E-state index contributed by atoms with van der Waals surface area (Å²) in [4.78, 5) is 12.6. The van der Waals surface area contributed by atoms with Gasteiger partial charge in [-0.05, 0) is 38.5 Å². The zero-order valence-electron chi connectivity index (χ0n) is 11.3. The van der Waals surface area contributed by atoms with Crippen LogP contribution in [0, 0.1) is 5.41 Å². The van der Waals surface area contributed by atoms with E-state index in [1.165, 1.54) is 7.11 Å². The van der Waals surface area contributed by atoms with Gasteiger partial charge in [0, 0.05) is 10.6 Å². The molecule has 3 nitrogen and oxygen atoms in total. The molecule has 0 aliphatic carbocycles. The minimum absolute atomic E-state index is 0.199. The second-order valence-electron chi connectivity index (χ2n) is 4.91. The van der Waals surface area contributed by atoms with Gasteiger partial charge in [0.2, 0.25) is 0 Å². The van der Waals surface area contributed by atoms with Crippen molar-refractivity contribution in [2.45, 2.75) is 31.8 Å². The van der Waals surface area contributed by atoms with E-state index in [9.17, 15) is 9.90 Å². The average molecular weight is 268 g/mol. The summed E-state index contributed by atoms with van der Waals surface area (Å²) >= 11 is 1.61. The van der Waals surface area contributed by atoms with Gasteiger partial charge < -0.3 is 9.84 Å². The summed E-state index contributed by atoms with van der Waals surface area (Å²) in [6.07, 6.45) is -0.449. The molecular formula is C14H20O3S. The van der Waals surface area contributed by atoms with Crippen LogP contribution in [0.15, 0.2) is 29.2 Å². The highest BCUT2D eigenvalue weighted by atomic mass is 32.2. The number of aliphatic hydroxyl groups is 1. The van der Waals surface area contributed by atoms with E-state index >= 15 is 0 Å². The SMILES string of the molecule is COC(=O)C(C)(C)CSc1ccc(C(C)O)cc1. The van der Waals surface area contributed by atoms with Gasteiger partial charge in [0.15, 0.2) is 0 Å². The van der Waals surface area contributed by atoms with Crippen LogP contribution < -0.4 is 0 Å². The van der Waals surface area contributed by atoms with Crippen molar-refractivity contribution in [3.8, 4) is 0 Å². The monoisotopic (exact) mass is 268 g/mol. The van der Waals surface area contributed by atoms with Crippen molar-refractivity contribution in [3.05, 3.63) is 29.8 Å². The van der Waals surface area contributed by atoms with E-state index in [0.29, 0.717) is 5.75 Å². The summed E-state index contributed by atoms with van der Waals surface area (Å²) < 4.78 is 4.77. The van der Waals surface area contributed by atoms with Crippen molar-refractivity contribution in [1.82, 2.24) is 0 Å². The number of carbonyl (C=O) groups is 1. The number of thioether (sulfide) groups is 1. The maximum Gasteiger partial charge on any atom is 0.312 e. The Morgan fingerprint density at radius 1 is 1.39 bits per heavy atom. The molecule has 1 atom stereocenters. The lowest BCUT2D eigenvalue weighted by Gasteiger charge is -2.20. The Hall–Kier alpha value is -1.00.